The summed E-state index contributed by atoms with van der Waals surface area (Å²) in [6.45, 7) is 3.70. The highest BCUT2D eigenvalue weighted by Crippen LogP contribution is 2.37. The van der Waals surface area contributed by atoms with Gasteiger partial charge < -0.3 is 14.8 Å². The molecule has 1 aromatic carbocycles. The molecule has 1 amide bonds. The molecule has 0 atom stereocenters. The quantitative estimate of drug-likeness (QED) is 0.553. The molecule has 0 fully saturated rings. The van der Waals surface area contributed by atoms with Gasteiger partial charge in [0, 0.05) is 4.70 Å². The fraction of sp³-hybridized carbons (Fsp3) is 0.286. The summed E-state index contributed by atoms with van der Waals surface area (Å²) >= 11 is 2.43. The van der Waals surface area contributed by atoms with Crippen LogP contribution in [-0.2, 0) is 15.9 Å². The fourth-order valence-electron chi connectivity index (χ4n) is 3.18. The van der Waals surface area contributed by atoms with Gasteiger partial charge in [-0.2, -0.15) is 0 Å². The standard InChI is InChI=1S/C21H21NO5S2/c1-5-8-13-12-9-6-7-10-14(12)28-17(13)18(23)22-19-15(20(24)26-3)11(2)16(29-19)21(25)27-4/h6-7,9-10H,5,8H2,1-4H3,(H,22,23). The molecule has 3 rings (SSSR count). The highest BCUT2D eigenvalue weighted by molar-refractivity contribution is 7.21. The molecule has 152 valence electrons. The molecule has 3 aromatic rings. The minimum Gasteiger partial charge on any atom is -0.465 e. The van der Waals surface area contributed by atoms with Crippen LogP contribution in [0.2, 0.25) is 0 Å². The molecular formula is C21H21NO5S2. The van der Waals surface area contributed by atoms with Crippen molar-refractivity contribution in [1.29, 1.82) is 0 Å². The number of amides is 1. The Morgan fingerprint density at radius 1 is 1.00 bits per heavy atom. The van der Waals surface area contributed by atoms with E-state index in [2.05, 4.69) is 12.2 Å². The maximum Gasteiger partial charge on any atom is 0.348 e. The highest BCUT2D eigenvalue weighted by atomic mass is 32.1. The van der Waals surface area contributed by atoms with Gasteiger partial charge in [0.05, 0.1) is 24.7 Å². The lowest BCUT2D eigenvalue weighted by atomic mass is 10.1. The van der Waals surface area contributed by atoms with E-state index in [9.17, 15) is 14.4 Å². The fourth-order valence-corrected chi connectivity index (χ4v) is 5.43. The van der Waals surface area contributed by atoms with Crippen molar-refractivity contribution in [3.8, 4) is 0 Å². The van der Waals surface area contributed by atoms with E-state index in [0.29, 0.717) is 10.4 Å². The Labute approximate surface area is 176 Å². The van der Waals surface area contributed by atoms with Crippen molar-refractivity contribution in [2.75, 3.05) is 19.5 Å². The van der Waals surface area contributed by atoms with Crippen molar-refractivity contribution in [3.63, 3.8) is 0 Å². The molecule has 2 heterocycles. The number of ether oxygens (including phenoxy) is 2. The van der Waals surface area contributed by atoms with Gasteiger partial charge in [-0.15, -0.1) is 22.7 Å². The summed E-state index contributed by atoms with van der Waals surface area (Å²) in [6, 6.07) is 7.89. The van der Waals surface area contributed by atoms with Gasteiger partial charge in [-0.3, -0.25) is 4.79 Å². The van der Waals surface area contributed by atoms with Gasteiger partial charge in [-0.25, -0.2) is 9.59 Å². The van der Waals surface area contributed by atoms with Crippen molar-refractivity contribution < 1.29 is 23.9 Å². The third kappa shape index (κ3) is 3.90. The third-order valence-corrected chi connectivity index (χ3v) is 6.94. The van der Waals surface area contributed by atoms with Gasteiger partial charge in [-0.1, -0.05) is 31.5 Å². The van der Waals surface area contributed by atoms with Gasteiger partial charge in [0.1, 0.15) is 9.88 Å². The van der Waals surface area contributed by atoms with Crippen LogP contribution in [0.3, 0.4) is 0 Å². The number of benzene rings is 1. The summed E-state index contributed by atoms with van der Waals surface area (Å²) in [7, 11) is 2.53. The van der Waals surface area contributed by atoms with Crippen LogP contribution in [0.25, 0.3) is 10.1 Å². The molecule has 0 unspecified atom stereocenters. The number of nitrogens with one attached hydrogen (secondary N) is 1. The lowest BCUT2D eigenvalue weighted by molar-refractivity contribution is 0.0601. The van der Waals surface area contributed by atoms with E-state index in [4.69, 9.17) is 9.47 Å². The summed E-state index contributed by atoms with van der Waals surface area (Å²) < 4.78 is 10.7. The normalized spacial score (nSPS) is 10.8. The first kappa shape index (κ1) is 21.0. The average Bonchev–Trinajstić information content (AvgIpc) is 3.25. The van der Waals surface area contributed by atoms with Crippen LogP contribution in [-0.4, -0.2) is 32.1 Å². The van der Waals surface area contributed by atoms with Crippen LogP contribution in [0.4, 0.5) is 5.00 Å². The SMILES string of the molecule is CCCc1c(C(=O)Nc2sc(C(=O)OC)c(C)c2C(=O)OC)sc2ccccc12. The third-order valence-electron chi connectivity index (χ3n) is 4.54. The first-order valence-corrected chi connectivity index (χ1v) is 10.7. The molecule has 0 bridgehead atoms. The van der Waals surface area contributed by atoms with Crippen LogP contribution in [0.1, 0.15) is 54.2 Å². The van der Waals surface area contributed by atoms with Gasteiger partial charge in [0.2, 0.25) is 0 Å². The molecule has 2 aromatic heterocycles. The van der Waals surface area contributed by atoms with E-state index in [-0.39, 0.29) is 21.3 Å². The Kier molecular flexibility index (Phi) is 6.34. The highest BCUT2D eigenvalue weighted by Gasteiger charge is 2.28. The topological polar surface area (TPSA) is 81.7 Å². The predicted octanol–water partition coefficient (Wildman–Crippen LogP) is 5.05. The van der Waals surface area contributed by atoms with Crippen molar-refractivity contribution in [3.05, 3.63) is 50.7 Å². The zero-order valence-corrected chi connectivity index (χ0v) is 18.2. The molecule has 0 radical (unpaired) electrons. The Hall–Kier alpha value is -2.71. The maximum absolute atomic E-state index is 13.1. The zero-order chi connectivity index (χ0) is 21.1. The van der Waals surface area contributed by atoms with Crippen LogP contribution in [0.15, 0.2) is 24.3 Å². The molecule has 1 N–H and O–H groups in total. The second kappa shape index (κ2) is 8.75. The van der Waals surface area contributed by atoms with Crippen LogP contribution < -0.4 is 5.32 Å². The van der Waals surface area contributed by atoms with Crippen molar-refractivity contribution in [2.24, 2.45) is 0 Å². The van der Waals surface area contributed by atoms with Crippen LogP contribution >= 0.6 is 22.7 Å². The van der Waals surface area contributed by atoms with Gasteiger partial charge in [0.25, 0.3) is 5.91 Å². The number of esters is 2. The molecular weight excluding hydrogens is 410 g/mol. The Balaban J connectivity index is 2.05. The second-order valence-electron chi connectivity index (χ2n) is 6.35. The molecule has 0 saturated heterocycles. The molecule has 29 heavy (non-hydrogen) atoms. The summed E-state index contributed by atoms with van der Waals surface area (Å²) in [5.41, 5.74) is 1.59. The van der Waals surface area contributed by atoms with E-state index in [0.717, 1.165) is 39.8 Å². The molecule has 8 heteroatoms. The number of hydrogen-bond donors (Lipinski definition) is 1. The van der Waals surface area contributed by atoms with Gasteiger partial charge in [-0.05, 0) is 35.9 Å². The minimum atomic E-state index is -0.616. The number of fused-ring (bicyclic) bond motifs is 1. The van der Waals surface area contributed by atoms with E-state index in [1.54, 1.807) is 6.92 Å². The van der Waals surface area contributed by atoms with Crippen molar-refractivity contribution in [2.45, 2.75) is 26.7 Å². The zero-order valence-electron chi connectivity index (χ0n) is 16.6. The monoisotopic (exact) mass is 431 g/mol. The summed E-state index contributed by atoms with van der Waals surface area (Å²) in [5, 5.41) is 4.17. The molecule has 0 spiro atoms. The number of thiophene rings is 2. The lowest BCUT2D eigenvalue weighted by Gasteiger charge is -2.07. The van der Waals surface area contributed by atoms with E-state index in [1.807, 2.05) is 24.3 Å². The number of aryl methyl sites for hydroxylation is 1. The number of methoxy groups -OCH3 is 2. The maximum atomic E-state index is 13.1. The largest absolute Gasteiger partial charge is 0.465 e. The number of carbonyl (C=O) groups is 3. The first-order chi connectivity index (χ1) is 13.9. The minimum absolute atomic E-state index is 0.171. The summed E-state index contributed by atoms with van der Waals surface area (Å²) in [4.78, 5) is 38.3. The van der Waals surface area contributed by atoms with E-state index in [1.165, 1.54) is 25.6 Å². The van der Waals surface area contributed by atoms with Crippen LogP contribution in [0.5, 0.6) is 0 Å². The molecule has 6 nitrogen and oxygen atoms in total. The van der Waals surface area contributed by atoms with Crippen molar-refractivity contribution in [1.82, 2.24) is 0 Å². The Morgan fingerprint density at radius 3 is 2.34 bits per heavy atom. The van der Waals surface area contributed by atoms with E-state index < -0.39 is 11.9 Å². The number of carbonyl (C=O) groups excluding carboxylic acids is 3. The lowest BCUT2D eigenvalue weighted by Crippen LogP contribution is -2.14. The predicted molar refractivity (Wildman–Crippen MR) is 116 cm³/mol. The Morgan fingerprint density at radius 2 is 1.69 bits per heavy atom. The van der Waals surface area contributed by atoms with Gasteiger partial charge in [0.15, 0.2) is 0 Å². The molecule has 0 aliphatic heterocycles. The second-order valence-corrected chi connectivity index (χ2v) is 8.43. The molecule has 0 aliphatic carbocycles. The number of hydrogen-bond acceptors (Lipinski definition) is 7. The van der Waals surface area contributed by atoms with E-state index >= 15 is 0 Å². The average molecular weight is 432 g/mol. The molecule has 0 saturated carbocycles. The van der Waals surface area contributed by atoms with Crippen molar-refractivity contribution >= 4 is 55.6 Å². The number of anilines is 1. The van der Waals surface area contributed by atoms with Gasteiger partial charge >= 0.3 is 11.9 Å². The first-order valence-electron chi connectivity index (χ1n) is 9.04. The summed E-state index contributed by atoms with van der Waals surface area (Å²) in [5.74, 6) is -1.49. The van der Waals surface area contributed by atoms with Crippen LogP contribution in [0, 0.1) is 6.92 Å². The smallest absolute Gasteiger partial charge is 0.348 e. The molecule has 0 aliphatic rings. The summed E-state index contributed by atoms with van der Waals surface area (Å²) in [6.07, 6.45) is 1.67. The Bertz CT molecular complexity index is 1100. The number of rotatable bonds is 6.